The van der Waals surface area contributed by atoms with Gasteiger partial charge < -0.3 is 16.4 Å². The summed E-state index contributed by atoms with van der Waals surface area (Å²) in [6, 6.07) is 5.46. The Morgan fingerprint density at radius 1 is 1.35 bits per heavy atom. The molecule has 1 aliphatic rings. The third-order valence-electron chi connectivity index (χ3n) is 4.39. The van der Waals surface area contributed by atoms with E-state index in [1.165, 1.54) is 0 Å². The first-order valence-electron chi connectivity index (χ1n) is 8.21. The number of amides is 1. The maximum Gasteiger partial charge on any atom is 0.268 e. The predicted molar refractivity (Wildman–Crippen MR) is 117 cm³/mol. The van der Waals surface area contributed by atoms with Gasteiger partial charge in [-0.2, -0.15) is 0 Å². The van der Waals surface area contributed by atoms with Crippen LogP contribution in [-0.4, -0.2) is 34.6 Å². The molecule has 0 aliphatic carbocycles. The summed E-state index contributed by atoms with van der Waals surface area (Å²) in [5, 5.41) is 0. The molecule has 2 heterocycles. The molecule has 1 aromatic carbocycles. The molecule has 4 N–H and O–H groups in total. The topological polar surface area (TPSA) is 107 Å². The molecular weight excluding hydrogens is 560 g/mol. The van der Waals surface area contributed by atoms with Crippen LogP contribution in [0.1, 0.15) is 28.8 Å². The molecule has 9 heteroatoms. The van der Waals surface area contributed by atoms with Crippen LogP contribution in [0.5, 0.6) is 0 Å². The summed E-state index contributed by atoms with van der Waals surface area (Å²) in [7, 11) is 0. The average molecular weight is 579 g/mol. The van der Waals surface area contributed by atoms with Crippen LogP contribution in [0.2, 0.25) is 0 Å². The highest BCUT2D eigenvalue weighted by molar-refractivity contribution is 14.1. The van der Waals surface area contributed by atoms with Crippen molar-refractivity contribution in [2.24, 2.45) is 11.5 Å². The lowest BCUT2D eigenvalue weighted by atomic mass is 10.1. The Labute approximate surface area is 178 Å². The van der Waals surface area contributed by atoms with Crippen LogP contribution in [0.15, 0.2) is 29.2 Å². The number of carbonyl (C=O) groups is 1. The van der Waals surface area contributed by atoms with E-state index >= 15 is 0 Å². The Kier molecular flexibility index (Phi) is 6.17. The highest BCUT2D eigenvalue weighted by Gasteiger charge is 2.22. The van der Waals surface area contributed by atoms with Crippen molar-refractivity contribution in [2.75, 3.05) is 18.0 Å². The van der Waals surface area contributed by atoms with Crippen molar-refractivity contribution in [3.05, 3.63) is 53.0 Å². The van der Waals surface area contributed by atoms with Gasteiger partial charge in [0.15, 0.2) is 0 Å². The van der Waals surface area contributed by atoms with E-state index in [-0.39, 0.29) is 18.1 Å². The van der Waals surface area contributed by atoms with Gasteiger partial charge in [-0.1, -0.05) is 0 Å². The lowest BCUT2D eigenvalue weighted by Crippen LogP contribution is -2.45. The number of piperidine rings is 1. The Morgan fingerprint density at radius 3 is 2.81 bits per heavy atom. The van der Waals surface area contributed by atoms with Crippen LogP contribution >= 0.6 is 45.2 Å². The first-order chi connectivity index (χ1) is 12.4. The van der Waals surface area contributed by atoms with Gasteiger partial charge in [0, 0.05) is 34.5 Å². The quantitative estimate of drug-likeness (QED) is 0.535. The highest BCUT2D eigenvalue weighted by Crippen LogP contribution is 2.20. The number of aromatic nitrogens is 2. The minimum atomic E-state index is -0.510. The van der Waals surface area contributed by atoms with E-state index in [0.29, 0.717) is 27.2 Å². The summed E-state index contributed by atoms with van der Waals surface area (Å²) in [6.45, 7) is 1.69. The van der Waals surface area contributed by atoms with E-state index in [1.54, 1.807) is 16.8 Å². The van der Waals surface area contributed by atoms with Crippen LogP contribution in [0, 0.1) is 7.14 Å². The number of primary amides is 1. The van der Waals surface area contributed by atoms with Gasteiger partial charge in [0.25, 0.3) is 5.56 Å². The van der Waals surface area contributed by atoms with Gasteiger partial charge in [0.1, 0.15) is 0 Å². The molecule has 1 saturated heterocycles. The smallest absolute Gasteiger partial charge is 0.268 e. The second-order valence-electron chi connectivity index (χ2n) is 6.31. The minimum absolute atomic E-state index is 0.0623. The Bertz CT molecular complexity index is 899. The number of nitrogens with zero attached hydrogens (tertiary/aromatic N) is 3. The molecular formula is C17H19I2N5O2. The third-order valence-corrected chi connectivity index (χ3v) is 5.80. The van der Waals surface area contributed by atoms with Gasteiger partial charge in [-0.15, -0.1) is 0 Å². The van der Waals surface area contributed by atoms with Crippen molar-refractivity contribution in [3.8, 4) is 0 Å². The molecule has 0 unspecified atom stereocenters. The predicted octanol–water partition coefficient (Wildman–Crippen LogP) is 1.53. The Hall–Kier alpha value is -1.21. The molecule has 0 spiro atoms. The number of anilines is 1. The molecule has 3 rings (SSSR count). The minimum Gasteiger partial charge on any atom is -0.366 e. The van der Waals surface area contributed by atoms with Crippen molar-refractivity contribution >= 4 is 57.0 Å². The summed E-state index contributed by atoms with van der Waals surface area (Å²) in [5.41, 5.74) is 12.6. The fraction of sp³-hybridized carbons (Fsp3) is 0.353. The molecule has 0 bridgehead atoms. The number of nitrogens with two attached hydrogens (primary N) is 2. The van der Waals surface area contributed by atoms with Crippen LogP contribution in [0.25, 0.3) is 0 Å². The second kappa shape index (κ2) is 8.21. The van der Waals surface area contributed by atoms with Gasteiger partial charge in [-0.25, -0.2) is 4.98 Å². The molecule has 0 radical (unpaired) electrons. The van der Waals surface area contributed by atoms with Crippen LogP contribution in [0.4, 0.5) is 5.95 Å². The van der Waals surface area contributed by atoms with Crippen molar-refractivity contribution in [3.63, 3.8) is 0 Å². The number of carbonyl (C=O) groups excluding carboxylic acids is 1. The molecule has 138 valence electrons. The molecule has 7 nitrogen and oxygen atoms in total. The molecule has 2 aromatic rings. The first-order valence-corrected chi connectivity index (χ1v) is 10.4. The SMILES string of the molecule is NC(=O)c1ccc(I)cc1Cn1c(N2CCC[C@@H](N)C2)ncc(I)c1=O. The maximum absolute atomic E-state index is 12.8. The summed E-state index contributed by atoms with van der Waals surface area (Å²) in [6.07, 6.45) is 3.51. The molecule has 1 atom stereocenters. The second-order valence-corrected chi connectivity index (χ2v) is 8.72. The van der Waals surface area contributed by atoms with Crippen molar-refractivity contribution < 1.29 is 4.79 Å². The van der Waals surface area contributed by atoms with E-state index in [2.05, 4.69) is 27.6 Å². The van der Waals surface area contributed by atoms with E-state index in [1.807, 2.05) is 39.6 Å². The van der Waals surface area contributed by atoms with Crippen LogP contribution in [0.3, 0.4) is 0 Å². The van der Waals surface area contributed by atoms with E-state index in [4.69, 9.17) is 11.5 Å². The standard InChI is InChI=1S/C17H19I2N5O2/c18-11-3-4-13(15(21)25)10(6-11)8-24-16(26)14(19)7-22-17(24)23-5-1-2-12(20)9-23/h3-4,6-7,12H,1-2,5,8-9,20H2,(H2,21,25)/t12-/m1/s1. The van der Waals surface area contributed by atoms with E-state index in [0.717, 1.165) is 23.0 Å². The monoisotopic (exact) mass is 579 g/mol. The first kappa shape index (κ1) is 19.5. The van der Waals surface area contributed by atoms with Crippen LogP contribution in [-0.2, 0) is 6.54 Å². The largest absolute Gasteiger partial charge is 0.366 e. The molecule has 1 fully saturated rings. The number of benzene rings is 1. The average Bonchev–Trinajstić information content (AvgIpc) is 2.59. The summed E-state index contributed by atoms with van der Waals surface area (Å²) >= 11 is 4.16. The van der Waals surface area contributed by atoms with Crippen molar-refractivity contribution in [2.45, 2.75) is 25.4 Å². The lowest BCUT2D eigenvalue weighted by molar-refractivity contribution is 0.0999. The summed E-state index contributed by atoms with van der Waals surface area (Å²) < 4.78 is 3.10. The highest BCUT2D eigenvalue weighted by atomic mass is 127. The number of rotatable bonds is 4. The van der Waals surface area contributed by atoms with Crippen LogP contribution < -0.4 is 21.9 Å². The van der Waals surface area contributed by atoms with Gasteiger partial charge >= 0.3 is 0 Å². The Morgan fingerprint density at radius 2 is 2.12 bits per heavy atom. The molecule has 26 heavy (non-hydrogen) atoms. The number of halogens is 2. The van der Waals surface area contributed by atoms with E-state index < -0.39 is 5.91 Å². The normalized spacial score (nSPS) is 17.3. The summed E-state index contributed by atoms with van der Waals surface area (Å²) in [4.78, 5) is 31.2. The maximum atomic E-state index is 12.8. The van der Waals surface area contributed by atoms with Gasteiger partial charge in [0.05, 0.1) is 10.1 Å². The van der Waals surface area contributed by atoms with Crippen molar-refractivity contribution in [1.29, 1.82) is 0 Å². The molecule has 1 aromatic heterocycles. The zero-order valence-electron chi connectivity index (χ0n) is 14.0. The van der Waals surface area contributed by atoms with Gasteiger partial charge in [-0.05, 0) is 81.8 Å². The number of hydrogen-bond donors (Lipinski definition) is 2. The lowest BCUT2D eigenvalue weighted by Gasteiger charge is -2.33. The zero-order chi connectivity index (χ0) is 18.8. The molecule has 0 saturated carbocycles. The van der Waals surface area contributed by atoms with Crippen molar-refractivity contribution in [1.82, 2.24) is 9.55 Å². The Balaban J connectivity index is 2.08. The van der Waals surface area contributed by atoms with Gasteiger partial charge in [0.2, 0.25) is 11.9 Å². The fourth-order valence-electron chi connectivity index (χ4n) is 3.15. The molecule has 1 aliphatic heterocycles. The van der Waals surface area contributed by atoms with E-state index in [9.17, 15) is 9.59 Å². The zero-order valence-corrected chi connectivity index (χ0v) is 18.3. The third kappa shape index (κ3) is 4.19. The summed E-state index contributed by atoms with van der Waals surface area (Å²) in [5.74, 6) is 0.0735. The fourth-order valence-corrected chi connectivity index (χ4v) is 4.14. The number of hydrogen-bond acceptors (Lipinski definition) is 5. The van der Waals surface area contributed by atoms with Gasteiger partial charge in [-0.3, -0.25) is 14.2 Å². The molecule has 1 amide bonds.